The highest BCUT2D eigenvalue weighted by molar-refractivity contribution is 6.11. The second-order valence-corrected chi connectivity index (χ2v) is 11.4. The van der Waals surface area contributed by atoms with Gasteiger partial charge in [0.1, 0.15) is 5.75 Å². The van der Waals surface area contributed by atoms with Gasteiger partial charge in [0.25, 0.3) is 0 Å². The van der Waals surface area contributed by atoms with E-state index in [9.17, 15) is 4.79 Å². The number of ether oxygens (including phenoxy) is 2. The number of morpholine rings is 1. The number of rotatable bonds is 6. The number of benzene rings is 3. The largest absolute Gasteiger partial charge is 0.497 e. The molecule has 7 heteroatoms. The Bertz CT molecular complexity index is 1620. The first-order chi connectivity index (χ1) is 19.5. The molecule has 1 aliphatic carbocycles. The number of nitrogens with zero attached hydrogens (tertiary/aromatic N) is 3. The van der Waals surface area contributed by atoms with Gasteiger partial charge in [0.05, 0.1) is 36.9 Å². The van der Waals surface area contributed by atoms with Crippen LogP contribution in [-0.4, -0.2) is 61.0 Å². The molecule has 1 unspecified atom stereocenters. The van der Waals surface area contributed by atoms with Gasteiger partial charge in [-0.2, -0.15) is 5.10 Å². The van der Waals surface area contributed by atoms with E-state index in [-0.39, 0.29) is 11.8 Å². The van der Waals surface area contributed by atoms with Crippen molar-refractivity contribution in [1.82, 2.24) is 15.1 Å². The number of H-pyrrole nitrogens is 1. The Morgan fingerprint density at radius 2 is 1.98 bits per heavy atom. The van der Waals surface area contributed by atoms with E-state index in [1.165, 1.54) is 5.56 Å². The van der Waals surface area contributed by atoms with Crippen LogP contribution >= 0.6 is 0 Å². The van der Waals surface area contributed by atoms with Crippen molar-refractivity contribution < 1.29 is 14.3 Å². The molecular formula is C33H34N4O3. The minimum Gasteiger partial charge on any atom is -0.497 e. The molecule has 0 radical (unpaired) electrons. The Kier molecular flexibility index (Phi) is 6.02. The van der Waals surface area contributed by atoms with E-state index >= 15 is 0 Å². The third kappa shape index (κ3) is 4.03. The zero-order valence-corrected chi connectivity index (χ0v) is 23.2. The van der Waals surface area contributed by atoms with Gasteiger partial charge in [0.15, 0.2) is 0 Å². The zero-order chi connectivity index (χ0) is 27.4. The molecule has 3 aliphatic rings. The van der Waals surface area contributed by atoms with Crippen molar-refractivity contribution in [1.29, 1.82) is 0 Å². The van der Waals surface area contributed by atoms with Crippen molar-refractivity contribution in [2.45, 2.75) is 37.3 Å². The van der Waals surface area contributed by atoms with Gasteiger partial charge in [-0.1, -0.05) is 42.5 Å². The van der Waals surface area contributed by atoms with Crippen LogP contribution in [0.3, 0.4) is 0 Å². The molecule has 2 fully saturated rings. The highest BCUT2D eigenvalue weighted by Gasteiger charge is 2.66. The second kappa shape index (κ2) is 9.61. The molecule has 1 aromatic heterocycles. The van der Waals surface area contributed by atoms with Crippen LogP contribution in [0.25, 0.3) is 23.1 Å². The first-order valence-electron chi connectivity index (χ1n) is 14.0. The maximum absolute atomic E-state index is 13.4. The lowest BCUT2D eigenvalue weighted by Gasteiger charge is -2.33. The van der Waals surface area contributed by atoms with Crippen molar-refractivity contribution in [2.24, 2.45) is 0 Å². The van der Waals surface area contributed by atoms with Crippen molar-refractivity contribution >= 4 is 34.6 Å². The van der Waals surface area contributed by atoms with E-state index in [2.05, 4.69) is 76.6 Å². The van der Waals surface area contributed by atoms with Gasteiger partial charge in [-0.05, 0) is 65.9 Å². The molecule has 1 amide bonds. The third-order valence-electron chi connectivity index (χ3n) is 9.02. The first-order valence-corrected chi connectivity index (χ1v) is 14.0. The van der Waals surface area contributed by atoms with E-state index in [1.54, 1.807) is 12.0 Å². The fraction of sp³-hybridized carbons (Fsp3) is 0.333. The summed E-state index contributed by atoms with van der Waals surface area (Å²) in [6.07, 6.45) is 4.98. The Morgan fingerprint density at radius 1 is 1.12 bits per heavy atom. The van der Waals surface area contributed by atoms with Crippen LogP contribution in [0.5, 0.6) is 5.75 Å². The lowest BCUT2D eigenvalue weighted by atomic mass is 9.91. The van der Waals surface area contributed by atoms with Crippen LogP contribution in [0, 0.1) is 0 Å². The summed E-state index contributed by atoms with van der Waals surface area (Å²) in [4.78, 5) is 17.7. The monoisotopic (exact) mass is 534 g/mol. The molecule has 0 bridgehead atoms. The number of likely N-dealkylation sites (N-methyl/N-ethyl adjacent to an activating group) is 1. The number of anilines is 1. The average molecular weight is 535 g/mol. The number of aromatic amines is 1. The first kappa shape index (κ1) is 25.1. The molecule has 1 saturated heterocycles. The molecule has 1 saturated carbocycles. The zero-order valence-electron chi connectivity index (χ0n) is 23.2. The van der Waals surface area contributed by atoms with Crippen LogP contribution in [0.1, 0.15) is 47.2 Å². The van der Waals surface area contributed by atoms with Crippen LogP contribution in [-0.2, 0) is 21.5 Å². The van der Waals surface area contributed by atoms with Crippen LogP contribution < -0.4 is 9.64 Å². The summed E-state index contributed by atoms with van der Waals surface area (Å²) < 4.78 is 11.0. The molecule has 3 heterocycles. The number of nitrogens with one attached hydrogen (secondary N) is 1. The Labute approximate surface area is 234 Å². The summed E-state index contributed by atoms with van der Waals surface area (Å²) in [5.41, 5.74) is 7.06. The Balaban J connectivity index is 1.08. The maximum Gasteiger partial charge on any atom is 0.238 e. The quantitative estimate of drug-likeness (QED) is 0.361. The number of fused-ring (bicyclic) bond motifs is 3. The standard InChI is InChI=1S/C33H34N4O3/c1-21-20-40-15-14-37(21)19-23-6-4-22(5-7-23)8-12-29-26-11-9-24(16-30(26)35-34-29)28-18-33(28)27-17-25(39-3)10-13-31(27)36(2)32(33)38/h4-13,16-17,21,28H,14-15,18-20H2,1-3H3,(H,34,35)/b12-8+/t21?,28-,33-/m0/s1. The molecule has 40 heavy (non-hydrogen) atoms. The fourth-order valence-electron chi connectivity index (χ4n) is 6.56. The number of hydrogen-bond acceptors (Lipinski definition) is 5. The van der Waals surface area contributed by atoms with Gasteiger partial charge in [-0.3, -0.25) is 14.8 Å². The minimum atomic E-state index is -0.499. The van der Waals surface area contributed by atoms with Crippen molar-refractivity contribution in [3.8, 4) is 5.75 Å². The molecule has 3 aromatic carbocycles. The minimum absolute atomic E-state index is 0.140. The Morgan fingerprint density at radius 3 is 2.77 bits per heavy atom. The molecule has 3 atom stereocenters. The molecule has 4 aromatic rings. The molecular weight excluding hydrogens is 500 g/mol. The van der Waals surface area contributed by atoms with Gasteiger partial charge in [-0.25, -0.2) is 0 Å². The number of methoxy groups -OCH3 is 1. The Hall–Kier alpha value is -3.94. The lowest BCUT2D eigenvalue weighted by Crippen LogP contribution is -2.42. The summed E-state index contributed by atoms with van der Waals surface area (Å²) in [6.45, 7) is 5.77. The van der Waals surface area contributed by atoms with E-state index < -0.39 is 5.41 Å². The van der Waals surface area contributed by atoms with Crippen molar-refractivity contribution in [2.75, 3.05) is 38.8 Å². The van der Waals surface area contributed by atoms with Gasteiger partial charge in [0.2, 0.25) is 5.91 Å². The predicted molar refractivity (Wildman–Crippen MR) is 158 cm³/mol. The lowest BCUT2D eigenvalue weighted by molar-refractivity contribution is -0.120. The van der Waals surface area contributed by atoms with Crippen LogP contribution in [0.2, 0.25) is 0 Å². The molecule has 1 spiro atoms. The van der Waals surface area contributed by atoms with Crippen LogP contribution in [0.4, 0.5) is 5.69 Å². The second-order valence-electron chi connectivity index (χ2n) is 11.4. The van der Waals surface area contributed by atoms with Gasteiger partial charge >= 0.3 is 0 Å². The SMILES string of the molecule is COc1ccc2c(c1)[C@]1(C[C@H]1c1ccc3c(/C=C/c4ccc(CN5CCOCC5C)cc4)n[nH]c3c1)C(=O)N2C. The molecule has 204 valence electrons. The summed E-state index contributed by atoms with van der Waals surface area (Å²) >= 11 is 0. The molecule has 7 rings (SSSR count). The number of hydrogen-bond donors (Lipinski definition) is 1. The van der Waals surface area contributed by atoms with Gasteiger partial charge < -0.3 is 14.4 Å². The third-order valence-corrected chi connectivity index (χ3v) is 9.02. The summed E-state index contributed by atoms with van der Waals surface area (Å²) in [5.74, 6) is 1.09. The van der Waals surface area contributed by atoms with E-state index in [1.807, 2.05) is 25.2 Å². The summed E-state index contributed by atoms with van der Waals surface area (Å²) in [5, 5.41) is 8.87. The number of amides is 1. The topological polar surface area (TPSA) is 70.7 Å². The smallest absolute Gasteiger partial charge is 0.238 e. The number of carbonyl (C=O) groups excluding carboxylic acids is 1. The molecule has 1 N–H and O–H groups in total. The van der Waals surface area contributed by atoms with Crippen molar-refractivity contribution in [3.63, 3.8) is 0 Å². The van der Waals surface area contributed by atoms with Gasteiger partial charge in [-0.15, -0.1) is 0 Å². The van der Waals surface area contributed by atoms with Crippen molar-refractivity contribution in [3.05, 3.63) is 88.6 Å². The highest BCUT2D eigenvalue weighted by Crippen LogP contribution is 2.66. The van der Waals surface area contributed by atoms with Gasteiger partial charge in [0, 0.05) is 43.2 Å². The summed E-state index contributed by atoms with van der Waals surface area (Å²) in [7, 11) is 3.53. The van der Waals surface area contributed by atoms with E-state index in [0.29, 0.717) is 6.04 Å². The average Bonchev–Trinajstić information content (AvgIpc) is 3.56. The highest BCUT2D eigenvalue weighted by atomic mass is 16.5. The maximum atomic E-state index is 13.4. The fourth-order valence-corrected chi connectivity index (χ4v) is 6.56. The summed E-state index contributed by atoms with van der Waals surface area (Å²) in [6, 6.07) is 21.6. The molecule has 7 nitrogen and oxygen atoms in total. The van der Waals surface area contributed by atoms with E-state index in [0.717, 1.165) is 77.4 Å². The number of carbonyl (C=O) groups is 1. The van der Waals surface area contributed by atoms with Crippen LogP contribution in [0.15, 0.2) is 60.7 Å². The number of aromatic nitrogens is 2. The predicted octanol–water partition coefficient (Wildman–Crippen LogP) is 5.36. The van der Waals surface area contributed by atoms with E-state index in [4.69, 9.17) is 9.47 Å². The molecule has 2 aliphatic heterocycles. The normalized spacial score (nSPS) is 24.4.